The van der Waals surface area contributed by atoms with Gasteiger partial charge in [-0.3, -0.25) is 10.2 Å². The Kier molecular flexibility index (Phi) is 9.53. The number of hydrogen-bond acceptors (Lipinski definition) is 4. The van der Waals surface area contributed by atoms with Crippen molar-refractivity contribution < 1.29 is 14.6 Å². The lowest BCUT2D eigenvalue weighted by Crippen LogP contribution is -2.34. The summed E-state index contributed by atoms with van der Waals surface area (Å²) in [5, 5.41) is 22.8. The van der Waals surface area contributed by atoms with Crippen LogP contribution in [0.4, 0.5) is 0 Å². The van der Waals surface area contributed by atoms with Crippen molar-refractivity contribution in [3.63, 3.8) is 0 Å². The SMILES string of the molecule is Cl.Cl.N=C(N)c1ccc2ccc(CC(C(=O)O)c3ccc(OC4CCNCC4)cc3)cc2c1. The first-order chi connectivity index (χ1) is 15.0. The van der Waals surface area contributed by atoms with E-state index in [0.29, 0.717) is 12.0 Å². The van der Waals surface area contributed by atoms with Gasteiger partial charge in [-0.25, -0.2) is 0 Å². The highest BCUT2D eigenvalue weighted by Crippen LogP contribution is 2.27. The summed E-state index contributed by atoms with van der Waals surface area (Å²) in [6, 6.07) is 19.0. The zero-order valence-corrected chi connectivity index (χ0v) is 19.8. The molecule has 0 aromatic heterocycles. The summed E-state index contributed by atoms with van der Waals surface area (Å²) in [6.07, 6.45) is 2.55. The number of nitrogens with one attached hydrogen (secondary N) is 2. The van der Waals surface area contributed by atoms with Gasteiger partial charge in [0.2, 0.25) is 0 Å². The number of amidine groups is 1. The fourth-order valence-electron chi connectivity index (χ4n) is 4.06. The van der Waals surface area contributed by atoms with Crippen LogP contribution in [0.25, 0.3) is 10.8 Å². The van der Waals surface area contributed by atoms with Crippen LogP contribution in [0.5, 0.6) is 5.75 Å². The van der Waals surface area contributed by atoms with Gasteiger partial charge in [0.05, 0.1) is 5.92 Å². The summed E-state index contributed by atoms with van der Waals surface area (Å²) in [7, 11) is 0. The fraction of sp³-hybridized carbons (Fsp3) is 0.280. The second kappa shape index (κ2) is 11.9. The van der Waals surface area contributed by atoms with Gasteiger partial charge < -0.3 is 20.9 Å². The summed E-state index contributed by atoms with van der Waals surface area (Å²) < 4.78 is 6.03. The average molecular weight is 490 g/mol. The summed E-state index contributed by atoms with van der Waals surface area (Å²) in [5.74, 6) is -0.712. The number of carboxylic acids is 1. The van der Waals surface area contributed by atoms with E-state index in [0.717, 1.165) is 53.6 Å². The zero-order chi connectivity index (χ0) is 21.8. The second-order valence-electron chi connectivity index (χ2n) is 8.04. The Labute approximate surface area is 205 Å². The van der Waals surface area contributed by atoms with E-state index in [4.69, 9.17) is 15.9 Å². The normalized spacial score (nSPS) is 14.5. The highest BCUT2D eigenvalue weighted by atomic mass is 35.5. The maximum atomic E-state index is 12.0. The van der Waals surface area contributed by atoms with Crippen LogP contribution >= 0.6 is 24.8 Å². The number of carbonyl (C=O) groups is 1. The molecule has 1 aliphatic heterocycles. The van der Waals surface area contributed by atoms with Gasteiger partial charge in [-0.05, 0) is 72.5 Å². The molecule has 6 nitrogen and oxygen atoms in total. The molecule has 176 valence electrons. The van der Waals surface area contributed by atoms with Crippen molar-refractivity contribution in [3.8, 4) is 5.75 Å². The Morgan fingerprint density at radius 2 is 1.70 bits per heavy atom. The number of piperidine rings is 1. The summed E-state index contributed by atoms with van der Waals surface area (Å²) >= 11 is 0. The summed E-state index contributed by atoms with van der Waals surface area (Å²) in [4.78, 5) is 12.0. The number of carboxylic acid groups (broad SMARTS) is 1. The van der Waals surface area contributed by atoms with Gasteiger partial charge in [-0.2, -0.15) is 0 Å². The van der Waals surface area contributed by atoms with Crippen molar-refractivity contribution in [1.29, 1.82) is 5.41 Å². The number of aliphatic carboxylic acids is 1. The minimum absolute atomic E-state index is 0. The van der Waals surface area contributed by atoms with Crippen molar-refractivity contribution in [1.82, 2.24) is 5.32 Å². The van der Waals surface area contributed by atoms with Crippen LogP contribution < -0.4 is 15.8 Å². The Bertz CT molecular complexity index is 1100. The second-order valence-corrected chi connectivity index (χ2v) is 8.04. The van der Waals surface area contributed by atoms with Crippen LogP contribution in [0.3, 0.4) is 0 Å². The molecule has 5 N–H and O–H groups in total. The molecule has 33 heavy (non-hydrogen) atoms. The van der Waals surface area contributed by atoms with E-state index >= 15 is 0 Å². The molecule has 1 unspecified atom stereocenters. The van der Waals surface area contributed by atoms with E-state index in [1.165, 1.54) is 0 Å². The van der Waals surface area contributed by atoms with E-state index in [9.17, 15) is 9.90 Å². The number of benzene rings is 3. The molecule has 0 aliphatic carbocycles. The fourth-order valence-corrected chi connectivity index (χ4v) is 4.06. The molecule has 0 saturated carbocycles. The van der Waals surface area contributed by atoms with E-state index < -0.39 is 11.9 Å². The molecule has 1 heterocycles. The van der Waals surface area contributed by atoms with Crippen LogP contribution in [0, 0.1) is 5.41 Å². The van der Waals surface area contributed by atoms with Crippen molar-refractivity contribution in [2.24, 2.45) is 5.73 Å². The molecule has 0 spiro atoms. The predicted octanol–water partition coefficient (Wildman–Crippen LogP) is 4.51. The van der Waals surface area contributed by atoms with Crippen molar-refractivity contribution in [2.45, 2.75) is 31.3 Å². The predicted molar refractivity (Wildman–Crippen MR) is 137 cm³/mol. The molecule has 1 atom stereocenters. The lowest BCUT2D eigenvalue weighted by Gasteiger charge is -2.24. The number of fused-ring (bicyclic) bond motifs is 1. The molecule has 0 amide bonds. The van der Waals surface area contributed by atoms with E-state index in [1.807, 2.05) is 60.7 Å². The lowest BCUT2D eigenvalue weighted by molar-refractivity contribution is -0.138. The highest BCUT2D eigenvalue weighted by Gasteiger charge is 2.21. The molecule has 4 rings (SSSR count). The third-order valence-electron chi connectivity index (χ3n) is 5.82. The molecule has 1 aliphatic rings. The number of ether oxygens (including phenoxy) is 1. The van der Waals surface area contributed by atoms with Crippen LogP contribution in [-0.4, -0.2) is 36.1 Å². The van der Waals surface area contributed by atoms with Gasteiger partial charge in [0.1, 0.15) is 17.7 Å². The topological polar surface area (TPSA) is 108 Å². The van der Waals surface area contributed by atoms with Gasteiger partial charge in [0, 0.05) is 5.56 Å². The number of rotatable bonds is 7. The summed E-state index contributed by atoms with van der Waals surface area (Å²) in [5.41, 5.74) is 7.94. The standard InChI is InChI=1S/C25H27N3O3.2ClH/c26-24(27)19-4-3-17-2-1-16(13-20(17)15-19)14-23(25(29)30)18-5-7-21(8-6-18)31-22-9-11-28-12-10-22;;/h1-8,13,15,22-23,28H,9-12,14H2,(H3,26,27)(H,29,30);2*1H. The van der Waals surface area contributed by atoms with Crippen LogP contribution in [-0.2, 0) is 11.2 Å². The highest BCUT2D eigenvalue weighted by molar-refractivity contribution is 5.99. The molecule has 8 heteroatoms. The molecular formula is C25H29Cl2N3O3. The maximum absolute atomic E-state index is 12.0. The van der Waals surface area contributed by atoms with E-state index in [2.05, 4.69) is 5.32 Å². The van der Waals surface area contributed by atoms with Gasteiger partial charge in [-0.1, -0.05) is 42.5 Å². The van der Waals surface area contributed by atoms with Gasteiger partial charge >= 0.3 is 5.97 Å². The monoisotopic (exact) mass is 489 g/mol. The molecule has 1 saturated heterocycles. The lowest BCUT2D eigenvalue weighted by atomic mass is 9.91. The van der Waals surface area contributed by atoms with E-state index in [-0.39, 0.29) is 36.8 Å². The maximum Gasteiger partial charge on any atom is 0.311 e. The molecule has 1 fully saturated rings. The smallest absolute Gasteiger partial charge is 0.311 e. The first-order valence-electron chi connectivity index (χ1n) is 10.6. The quantitative estimate of drug-likeness (QED) is 0.288. The number of halogens is 2. The Morgan fingerprint density at radius 1 is 1.03 bits per heavy atom. The third kappa shape index (κ3) is 6.60. The van der Waals surface area contributed by atoms with Crippen LogP contribution in [0.1, 0.15) is 35.4 Å². The van der Waals surface area contributed by atoms with Gasteiger partial charge in [0.25, 0.3) is 0 Å². The van der Waals surface area contributed by atoms with Crippen LogP contribution in [0.2, 0.25) is 0 Å². The Morgan fingerprint density at radius 3 is 2.33 bits per heavy atom. The van der Waals surface area contributed by atoms with Gasteiger partial charge in [0.15, 0.2) is 0 Å². The minimum atomic E-state index is -0.857. The third-order valence-corrected chi connectivity index (χ3v) is 5.82. The van der Waals surface area contributed by atoms with Crippen molar-refractivity contribution in [3.05, 3.63) is 77.4 Å². The van der Waals surface area contributed by atoms with Crippen molar-refractivity contribution >= 4 is 47.4 Å². The van der Waals surface area contributed by atoms with E-state index in [1.54, 1.807) is 0 Å². The first-order valence-corrected chi connectivity index (χ1v) is 10.6. The van der Waals surface area contributed by atoms with Crippen LogP contribution in [0.15, 0.2) is 60.7 Å². The number of nitrogens with two attached hydrogens (primary N) is 1. The zero-order valence-electron chi connectivity index (χ0n) is 18.1. The molecular weight excluding hydrogens is 461 g/mol. The Balaban J connectivity index is 0.00000193. The molecule has 0 radical (unpaired) electrons. The largest absolute Gasteiger partial charge is 0.490 e. The van der Waals surface area contributed by atoms with Crippen molar-refractivity contribution in [2.75, 3.05) is 13.1 Å². The summed E-state index contributed by atoms with van der Waals surface area (Å²) in [6.45, 7) is 1.92. The molecule has 0 bridgehead atoms. The minimum Gasteiger partial charge on any atom is -0.490 e. The average Bonchev–Trinajstić information content (AvgIpc) is 2.78. The number of nitrogen functional groups attached to an aromatic ring is 1. The van der Waals surface area contributed by atoms with Gasteiger partial charge in [-0.15, -0.1) is 24.8 Å². The first kappa shape index (κ1) is 26.5. The molecule has 3 aromatic rings. The molecule has 3 aromatic carbocycles. The number of hydrogen-bond donors (Lipinski definition) is 4. The Hall–Kier alpha value is -2.80.